The van der Waals surface area contributed by atoms with E-state index in [0.717, 1.165) is 63.1 Å². The molecule has 2 saturated heterocycles. The number of anilines is 2. The van der Waals surface area contributed by atoms with Crippen LogP contribution in [0.25, 0.3) is 0 Å². The average Bonchev–Trinajstić information content (AvgIpc) is 3.50. The molecule has 2 fully saturated rings. The average molecular weight is 539 g/mol. The minimum absolute atomic E-state index is 0.00302. The van der Waals surface area contributed by atoms with Crippen LogP contribution in [0.3, 0.4) is 0 Å². The van der Waals surface area contributed by atoms with Gasteiger partial charge in [0.2, 0.25) is 5.91 Å². The van der Waals surface area contributed by atoms with Gasteiger partial charge in [-0.05, 0) is 91.5 Å². The first-order valence-electron chi connectivity index (χ1n) is 14.5. The number of aryl methyl sites for hydroxylation is 1. The molecule has 3 aliphatic rings. The highest BCUT2D eigenvalue weighted by Gasteiger charge is 2.52. The molecule has 40 heavy (non-hydrogen) atoms. The summed E-state index contributed by atoms with van der Waals surface area (Å²) in [4.78, 5) is 34.4. The summed E-state index contributed by atoms with van der Waals surface area (Å²) in [6.07, 6.45) is 6.55. The fourth-order valence-corrected chi connectivity index (χ4v) is 6.84. The summed E-state index contributed by atoms with van der Waals surface area (Å²) in [5.74, 6) is 0.629. The number of pyridine rings is 1. The number of likely N-dealkylation sites (tertiary alicyclic amines) is 1. The number of aliphatic carboxylic acids is 1. The Morgan fingerprint density at radius 3 is 2.40 bits per heavy atom. The lowest BCUT2D eigenvalue weighted by atomic mass is 9.83. The van der Waals surface area contributed by atoms with Gasteiger partial charge in [0.05, 0.1) is 5.41 Å². The number of fused-ring (bicyclic) bond motifs is 1. The van der Waals surface area contributed by atoms with Crippen molar-refractivity contribution in [3.05, 3.63) is 89.1 Å². The van der Waals surface area contributed by atoms with Gasteiger partial charge in [-0.3, -0.25) is 4.79 Å². The number of carboxylic acids is 1. The quantitative estimate of drug-likeness (QED) is 0.431. The molecule has 1 aromatic heterocycles. The van der Waals surface area contributed by atoms with Crippen molar-refractivity contribution in [2.45, 2.75) is 51.5 Å². The highest BCUT2D eigenvalue weighted by atomic mass is 16.4. The van der Waals surface area contributed by atoms with E-state index >= 15 is 0 Å². The molecular formula is C33H38N4O3. The van der Waals surface area contributed by atoms with E-state index in [2.05, 4.69) is 52.5 Å². The van der Waals surface area contributed by atoms with Crippen LogP contribution in [0.4, 0.5) is 11.5 Å². The van der Waals surface area contributed by atoms with Gasteiger partial charge in [-0.2, -0.15) is 0 Å². The number of aromatic nitrogens is 1. The number of rotatable bonds is 8. The van der Waals surface area contributed by atoms with Gasteiger partial charge in [-0.1, -0.05) is 36.4 Å². The third kappa shape index (κ3) is 5.29. The molecule has 7 nitrogen and oxygen atoms in total. The lowest BCUT2D eigenvalue weighted by molar-refractivity contribution is -0.150. The fraction of sp³-hybridized carbons (Fsp3) is 0.424. The van der Waals surface area contributed by atoms with Gasteiger partial charge in [0.15, 0.2) is 0 Å². The standard InChI is InChI=1S/C33H38N4O3/c1-23-10-14-34-30(18-23)35-22-25-11-15-36(16-12-25)28-8-6-24(7-9-28)19-29(31(38)39)37-17-13-33(32(37)40)20-26-4-2-3-5-27(26)21-33/h2-10,14,18,25,29H,11-13,15-17,19-22H2,1H3,(H,34,35)(H,38,39). The van der Waals surface area contributed by atoms with Crippen molar-refractivity contribution in [3.8, 4) is 0 Å². The van der Waals surface area contributed by atoms with Gasteiger partial charge < -0.3 is 20.2 Å². The maximum atomic E-state index is 13.6. The van der Waals surface area contributed by atoms with Gasteiger partial charge >= 0.3 is 5.97 Å². The third-order valence-corrected chi connectivity index (χ3v) is 9.22. The molecule has 1 aliphatic carbocycles. The molecule has 208 valence electrons. The van der Waals surface area contributed by atoms with Gasteiger partial charge in [0.25, 0.3) is 0 Å². The number of nitrogens with zero attached hydrogens (tertiary/aromatic N) is 3. The Labute approximate surface area is 236 Å². The first kappa shape index (κ1) is 26.4. The highest BCUT2D eigenvalue weighted by molar-refractivity contribution is 5.90. The predicted octanol–water partition coefficient (Wildman–Crippen LogP) is 4.73. The first-order chi connectivity index (χ1) is 19.4. The number of nitrogens with one attached hydrogen (secondary N) is 1. The smallest absolute Gasteiger partial charge is 0.326 e. The zero-order valence-electron chi connectivity index (χ0n) is 23.2. The Morgan fingerprint density at radius 1 is 1.05 bits per heavy atom. The molecule has 2 N–H and O–H groups in total. The van der Waals surface area contributed by atoms with Crippen LogP contribution in [0.15, 0.2) is 66.9 Å². The van der Waals surface area contributed by atoms with Crippen LogP contribution in [-0.4, -0.2) is 59.1 Å². The Balaban J connectivity index is 1.04. The van der Waals surface area contributed by atoms with Crippen molar-refractivity contribution in [2.75, 3.05) is 36.4 Å². The molecule has 0 saturated carbocycles. The summed E-state index contributed by atoms with van der Waals surface area (Å²) in [6, 6.07) is 19.7. The van der Waals surface area contributed by atoms with E-state index in [-0.39, 0.29) is 5.91 Å². The summed E-state index contributed by atoms with van der Waals surface area (Å²) >= 11 is 0. The molecule has 1 amide bonds. The normalized spacial score (nSPS) is 19.2. The van der Waals surface area contributed by atoms with E-state index in [1.165, 1.54) is 22.4 Å². The lowest BCUT2D eigenvalue weighted by Gasteiger charge is -2.34. The zero-order valence-corrected chi connectivity index (χ0v) is 23.2. The van der Waals surface area contributed by atoms with Crippen LogP contribution in [0.2, 0.25) is 0 Å². The van der Waals surface area contributed by atoms with E-state index < -0.39 is 17.4 Å². The summed E-state index contributed by atoms with van der Waals surface area (Å²) in [7, 11) is 0. The van der Waals surface area contributed by atoms with Crippen molar-refractivity contribution < 1.29 is 14.7 Å². The molecular weight excluding hydrogens is 500 g/mol. The predicted molar refractivity (Wildman–Crippen MR) is 157 cm³/mol. The molecule has 0 radical (unpaired) electrons. The molecule has 1 unspecified atom stereocenters. The minimum atomic E-state index is -0.929. The molecule has 3 heterocycles. The van der Waals surface area contributed by atoms with Crippen molar-refractivity contribution in [1.29, 1.82) is 0 Å². The monoisotopic (exact) mass is 538 g/mol. The van der Waals surface area contributed by atoms with Crippen LogP contribution in [0.5, 0.6) is 0 Å². The number of carbonyl (C=O) groups is 2. The second-order valence-electron chi connectivity index (χ2n) is 11.9. The number of hydrogen-bond acceptors (Lipinski definition) is 5. The number of carbonyl (C=O) groups excluding carboxylic acids is 1. The maximum absolute atomic E-state index is 13.6. The molecule has 0 bridgehead atoms. The van der Waals surface area contributed by atoms with Crippen LogP contribution in [0.1, 0.15) is 41.5 Å². The number of benzene rings is 2. The van der Waals surface area contributed by atoms with Gasteiger partial charge in [-0.25, -0.2) is 9.78 Å². The minimum Gasteiger partial charge on any atom is -0.480 e. The van der Waals surface area contributed by atoms with Gasteiger partial charge in [0, 0.05) is 44.5 Å². The Kier molecular flexibility index (Phi) is 7.22. The fourth-order valence-electron chi connectivity index (χ4n) is 6.84. The van der Waals surface area contributed by atoms with Crippen molar-refractivity contribution in [2.24, 2.45) is 11.3 Å². The lowest BCUT2D eigenvalue weighted by Crippen LogP contribution is -2.46. The van der Waals surface area contributed by atoms with Crippen LogP contribution in [-0.2, 0) is 28.9 Å². The van der Waals surface area contributed by atoms with E-state index in [4.69, 9.17) is 0 Å². The van der Waals surface area contributed by atoms with Crippen LogP contribution < -0.4 is 10.2 Å². The van der Waals surface area contributed by atoms with E-state index in [1.54, 1.807) is 4.90 Å². The van der Waals surface area contributed by atoms with Crippen LogP contribution in [0, 0.1) is 18.3 Å². The summed E-state index contributed by atoms with van der Waals surface area (Å²) in [6.45, 7) is 5.51. The Bertz CT molecular complexity index is 1360. The van der Waals surface area contributed by atoms with Crippen molar-refractivity contribution in [3.63, 3.8) is 0 Å². The maximum Gasteiger partial charge on any atom is 0.326 e. The molecule has 2 aliphatic heterocycles. The number of carboxylic acid groups (broad SMARTS) is 1. The molecule has 1 atom stereocenters. The Hall–Kier alpha value is -3.87. The number of hydrogen-bond donors (Lipinski definition) is 2. The van der Waals surface area contributed by atoms with E-state index in [9.17, 15) is 14.7 Å². The highest BCUT2D eigenvalue weighted by Crippen LogP contribution is 2.45. The van der Waals surface area contributed by atoms with Gasteiger partial charge in [-0.15, -0.1) is 0 Å². The molecule has 1 spiro atoms. The molecule has 3 aromatic rings. The second kappa shape index (κ2) is 11.0. The van der Waals surface area contributed by atoms with Crippen LogP contribution >= 0.6 is 0 Å². The molecule has 7 heteroatoms. The number of amides is 1. The summed E-state index contributed by atoms with van der Waals surface area (Å²) < 4.78 is 0. The van der Waals surface area contributed by atoms with Crippen molar-refractivity contribution >= 4 is 23.4 Å². The number of piperidine rings is 1. The third-order valence-electron chi connectivity index (χ3n) is 9.22. The summed E-state index contributed by atoms with van der Waals surface area (Å²) in [5, 5.41) is 13.6. The zero-order chi connectivity index (χ0) is 27.7. The van der Waals surface area contributed by atoms with E-state index in [0.29, 0.717) is 18.9 Å². The largest absolute Gasteiger partial charge is 0.480 e. The molecule has 2 aromatic carbocycles. The van der Waals surface area contributed by atoms with Crippen molar-refractivity contribution in [1.82, 2.24) is 9.88 Å². The topological polar surface area (TPSA) is 85.8 Å². The van der Waals surface area contributed by atoms with E-state index in [1.807, 2.05) is 36.5 Å². The SMILES string of the molecule is Cc1ccnc(NCC2CCN(c3ccc(CC(C(=O)O)N4CCC5(Cc6ccccc6C5)C4=O)cc3)CC2)c1. The first-order valence-corrected chi connectivity index (χ1v) is 14.5. The molecule has 6 rings (SSSR count). The van der Waals surface area contributed by atoms with Gasteiger partial charge in [0.1, 0.15) is 11.9 Å². The summed E-state index contributed by atoms with van der Waals surface area (Å²) in [5.41, 5.74) is 5.31. The second-order valence-corrected chi connectivity index (χ2v) is 11.9. The Morgan fingerprint density at radius 2 is 1.75 bits per heavy atom.